The van der Waals surface area contributed by atoms with Crippen molar-refractivity contribution in [1.29, 1.82) is 0 Å². The van der Waals surface area contributed by atoms with Gasteiger partial charge in [-0.2, -0.15) is 0 Å². The summed E-state index contributed by atoms with van der Waals surface area (Å²) in [5, 5.41) is 3.71. The van der Waals surface area contributed by atoms with Gasteiger partial charge < -0.3 is 10.1 Å². The minimum absolute atomic E-state index is 0.461. The van der Waals surface area contributed by atoms with Gasteiger partial charge in [-0.25, -0.2) is 0 Å². The molecule has 118 valence electrons. The van der Waals surface area contributed by atoms with Crippen LogP contribution < -0.4 is 5.32 Å². The Labute approximate surface area is 125 Å². The van der Waals surface area contributed by atoms with E-state index in [4.69, 9.17) is 4.74 Å². The zero-order chi connectivity index (χ0) is 14.4. The second-order valence-electron chi connectivity index (χ2n) is 7.23. The van der Waals surface area contributed by atoms with Crippen LogP contribution in [0.5, 0.6) is 0 Å². The molecular formula is C17H34N2O. The molecule has 3 nitrogen and oxygen atoms in total. The molecule has 0 aromatic rings. The zero-order valence-corrected chi connectivity index (χ0v) is 13.8. The molecule has 2 aliphatic rings. The van der Waals surface area contributed by atoms with Crippen molar-refractivity contribution in [2.45, 2.75) is 71.4 Å². The number of morpholine rings is 1. The highest BCUT2D eigenvalue weighted by atomic mass is 16.5. The third-order valence-electron chi connectivity index (χ3n) is 5.04. The highest BCUT2D eigenvalue weighted by Crippen LogP contribution is 2.37. The van der Waals surface area contributed by atoms with Gasteiger partial charge in [0.2, 0.25) is 0 Å². The standard InChI is InChI=1S/C17H34N2O/c1-4-16-12-19(10-11-20-16)14-17(13-18-15(2)3)8-6-5-7-9-17/h15-16,18H,4-14H2,1-3H3. The van der Waals surface area contributed by atoms with Crippen LogP contribution in [0.2, 0.25) is 0 Å². The fourth-order valence-corrected chi connectivity index (χ4v) is 3.76. The Kier molecular flexibility index (Phi) is 6.31. The number of hydrogen-bond donors (Lipinski definition) is 1. The van der Waals surface area contributed by atoms with Crippen molar-refractivity contribution in [2.24, 2.45) is 5.41 Å². The number of ether oxygens (including phenoxy) is 1. The molecule has 1 unspecified atom stereocenters. The Morgan fingerprint density at radius 2 is 2.00 bits per heavy atom. The number of nitrogens with one attached hydrogen (secondary N) is 1. The number of nitrogens with zero attached hydrogens (tertiary/aromatic N) is 1. The summed E-state index contributed by atoms with van der Waals surface area (Å²) in [5.41, 5.74) is 0.512. The van der Waals surface area contributed by atoms with Gasteiger partial charge in [0, 0.05) is 32.2 Å². The van der Waals surface area contributed by atoms with Crippen molar-refractivity contribution < 1.29 is 4.74 Å². The van der Waals surface area contributed by atoms with Gasteiger partial charge in [0.15, 0.2) is 0 Å². The first-order chi connectivity index (χ1) is 9.63. The van der Waals surface area contributed by atoms with E-state index in [-0.39, 0.29) is 0 Å². The maximum absolute atomic E-state index is 5.82. The second kappa shape index (κ2) is 7.77. The third-order valence-corrected chi connectivity index (χ3v) is 5.04. The molecule has 1 N–H and O–H groups in total. The maximum Gasteiger partial charge on any atom is 0.0700 e. The minimum atomic E-state index is 0.461. The van der Waals surface area contributed by atoms with E-state index in [2.05, 4.69) is 31.0 Å². The molecule has 1 heterocycles. The molecular weight excluding hydrogens is 248 g/mol. The molecule has 1 saturated heterocycles. The quantitative estimate of drug-likeness (QED) is 0.810. The molecule has 1 saturated carbocycles. The van der Waals surface area contributed by atoms with Crippen LogP contribution in [-0.4, -0.2) is 49.8 Å². The molecule has 0 amide bonds. The van der Waals surface area contributed by atoms with Crippen LogP contribution in [0.1, 0.15) is 59.3 Å². The van der Waals surface area contributed by atoms with Crippen molar-refractivity contribution in [2.75, 3.05) is 32.8 Å². The summed E-state index contributed by atoms with van der Waals surface area (Å²) in [6.45, 7) is 12.4. The van der Waals surface area contributed by atoms with Crippen LogP contribution in [0, 0.1) is 5.41 Å². The predicted octanol–water partition coefficient (Wildman–Crippen LogP) is 3.05. The molecule has 2 rings (SSSR count). The van der Waals surface area contributed by atoms with E-state index in [1.165, 1.54) is 45.2 Å². The molecule has 0 radical (unpaired) electrons. The van der Waals surface area contributed by atoms with Gasteiger partial charge in [-0.3, -0.25) is 4.90 Å². The molecule has 2 fully saturated rings. The van der Waals surface area contributed by atoms with Gasteiger partial charge in [-0.15, -0.1) is 0 Å². The van der Waals surface area contributed by atoms with Gasteiger partial charge in [-0.1, -0.05) is 40.0 Å². The van der Waals surface area contributed by atoms with Gasteiger partial charge in [0.05, 0.1) is 12.7 Å². The molecule has 20 heavy (non-hydrogen) atoms. The van der Waals surface area contributed by atoms with Gasteiger partial charge in [0.1, 0.15) is 0 Å². The monoisotopic (exact) mass is 282 g/mol. The topological polar surface area (TPSA) is 24.5 Å². The summed E-state index contributed by atoms with van der Waals surface area (Å²) < 4.78 is 5.82. The third kappa shape index (κ3) is 4.71. The lowest BCUT2D eigenvalue weighted by Gasteiger charge is -2.44. The average molecular weight is 282 g/mol. The SMILES string of the molecule is CCC1CN(CC2(CNC(C)C)CCCCC2)CCO1. The van der Waals surface area contributed by atoms with Crippen molar-refractivity contribution in [1.82, 2.24) is 10.2 Å². The molecule has 0 spiro atoms. The van der Waals surface area contributed by atoms with Crippen LogP contribution in [0.4, 0.5) is 0 Å². The highest BCUT2D eigenvalue weighted by Gasteiger charge is 2.35. The van der Waals surface area contributed by atoms with E-state index < -0.39 is 0 Å². The normalized spacial score (nSPS) is 27.9. The largest absolute Gasteiger partial charge is 0.376 e. The van der Waals surface area contributed by atoms with Gasteiger partial charge in [-0.05, 0) is 24.7 Å². The Balaban J connectivity index is 1.92. The fraction of sp³-hybridized carbons (Fsp3) is 1.00. The predicted molar refractivity (Wildman–Crippen MR) is 85.1 cm³/mol. The first-order valence-corrected chi connectivity index (χ1v) is 8.71. The van der Waals surface area contributed by atoms with Crippen molar-refractivity contribution in [3.05, 3.63) is 0 Å². The number of rotatable bonds is 6. The first-order valence-electron chi connectivity index (χ1n) is 8.71. The lowest BCUT2D eigenvalue weighted by molar-refractivity contribution is -0.0465. The highest BCUT2D eigenvalue weighted by molar-refractivity contribution is 4.89. The number of hydrogen-bond acceptors (Lipinski definition) is 3. The van der Waals surface area contributed by atoms with Gasteiger partial charge >= 0.3 is 0 Å². The Morgan fingerprint density at radius 1 is 1.25 bits per heavy atom. The van der Waals surface area contributed by atoms with Crippen LogP contribution in [0.3, 0.4) is 0 Å². The van der Waals surface area contributed by atoms with Crippen LogP contribution in [0.25, 0.3) is 0 Å². The summed E-state index contributed by atoms with van der Waals surface area (Å²) in [4.78, 5) is 2.67. The Bertz CT molecular complexity index is 274. The Hall–Kier alpha value is -0.120. The van der Waals surface area contributed by atoms with Crippen LogP contribution >= 0.6 is 0 Å². The molecule has 0 aromatic carbocycles. The smallest absolute Gasteiger partial charge is 0.0700 e. The minimum Gasteiger partial charge on any atom is -0.376 e. The molecule has 1 atom stereocenters. The van der Waals surface area contributed by atoms with E-state index in [0.717, 1.165) is 26.1 Å². The summed E-state index contributed by atoms with van der Waals surface area (Å²) >= 11 is 0. The summed E-state index contributed by atoms with van der Waals surface area (Å²) in [6.07, 6.45) is 8.69. The van der Waals surface area contributed by atoms with Crippen LogP contribution in [-0.2, 0) is 4.74 Å². The fourth-order valence-electron chi connectivity index (χ4n) is 3.76. The maximum atomic E-state index is 5.82. The van der Waals surface area contributed by atoms with Crippen molar-refractivity contribution in [3.8, 4) is 0 Å². The molecule has 0 aromatic heterocycles. The van der Waals surface area contributed by atoms with Crippen LogP contribution in [0.15, 0.2) is 0 Å². The molecule has 3 heteroatoms. The summed E-state index contributed by atoms with van der Waals surface area (Å²) in [7, 11) is 0. The van der Waals surface area contributed by atoms with Crippen molar-refractivity contribution >= 4 is 0 Å². The van der Waals surface area contributed by atoms with Crippen molar-refractivity contribution in [3.63, 3.8) is 0 Å². The van der Waals surface area contributed by atoms with E-state index in [9.17, 15) is 0 Å². The van der Waals surface area contributed by atoms with E-state index in [1.807, 2.05) is 0 Å². The first kappa shape index (κ1) is 16.3. The Morgan fingerprint density at radius 3 is 2.65 bits per heavy atom. The van der Waals surface area contributed by atoms with Gasteiger partial charge in [0.25, 0.3) is 0 Å². The molecule has 1 aliphatic heterocycles. The molecule has 0 bridgehead atoms. The average Bonchev–Trinajstić information content (AvgIpc) is 2.46. The van der Waals surface area contributed by atoms with E-state index in [0.29, 0.717) is 17.6 Å². The lowest BCUT2D eigenvalue weighted by Crippen LogP contribution is -2.51. The molecule has 1 aliphatic carbocycles. The van der Waals surface area contributed by atoms with E-state index in [1.54, 1.807) is 0 Å². The summed E-state index contributed by atoms with van der Waals surface area (Å²) in [6, 6.07) is 0.599. The zero-order valence-electron chi connectivity index (χ0n) is 13.8. The van der Waals surface area contributed by atoms with E-state index >= 15 is 0 Å². The summed E-state index contributed by atoms with van der Waals surface area (Å²) in [5.74, 6) is 0. The lowest BCUT2D eigenvalue weighted by atomic mass is 9.73. The second-order valence-corrected chi connectivity index (χ2v) is 7.23.